The Morgan fingerprint density at radius 1 is 1.13 bits per heavy atom. The minimum Gasteiger partial charge on any atom is -0.326 e. The van der Waals surface area contributed by atoms with E-state index in [4.69, 9.17) is 0 Å². The average molecular weight is 348 g/mol. The monoisotopic (exact) mass is 347 g/mol. The Morgan fingerprint density at radius 2 is 1.83 bits per heavy atom. The summed E-state index contributed by atoms with van der Waals surface area (Å²) in [4.78, 5) is 22.2. The maximum absolute atomic E-state index is 12.2. The van der Waals surface area contributed by atoms with E-state index in [9.17, 15) is 4.79 Å². The summed E-state index contributed by atoms with van der Waals surface area (Å²) in [7, 11) is 0. The van der Waals surface area contributed by atoms with Crippen LogP contribution in [0, 0.1) is 13.8 Å². The second-order valence-corrected chi connectivity index (χ2v) is 6.79. The Labute approximate surface area is 145 Å². The predicted octanol–water partition coefficient (Wildman–Crippen LogP) is 4.11. The summed E-state index contributed by atoms with van der Waals surface area (Å²) in [6, 6.07) is 7.86. The molecule has 0 bridgehead atoms. The van der Waals surface area contributed by atoms with Crippen LogP contribution in [0.15, 0.2) is 34.3 Å². The molecule has 1 aromatic heterocycles. The lowest BCUT2D eigenvalue weighted by atomic mass is 10.1. The number of hydrogen-bond acceptors (Lipinski definition) is 5. The Kier molecular flexibility index (Phi) is 6.47. The van der Waals surface area contributed by atoms with Crippen molar-refractivity contribution in [2.24, 2.45) is 0 Å². The van der Waals surface area contributed by atoms with Gasteiger partial charge in [0.1, 0.15) is 0 Å². The van der Waals surface area contributed by atoms with Gasteiger partial charge < -0.3 is 5.32 Å². The van der Waals surface area contributed by atoms with Crippen molar-refractivity contribution in [2.45, 2.75) is 36.7 Å². The molecule has 1 amide bonds. The highest BCUT2D eigenvalue weighted by Crippen LogP contribution is 2.20. The van der Waals surface area contributed by atoms with Gasteiger partial charge in [-0.25, -0.2) is 9.97 Å². The highest BCUT2D eigenvalue weighted by atomic mass is 32.2. The summed E-state index contributed by atoms with van der Waals surface area (Å²) in [5, 5.41) is 3.73. The molecule has 122 valence electrons. The first-order valence-corrected chi connectivity index (χ1v) is 9.80. The third-order valence-electron chi connectivity index (χ3n) is 3.54. The number of carbonyl (C=O) groups excluding carboxylic acids is 1. The zero-order valence-electron chi connectivity index (χ0n) is 13.8. The first kappa shape index (κ1) is 17.8. The lowest BCUT2D eigenvalue weighted by Gasteiger charge is -2.10. The van der Waals surface area contributed by atoms with Crippen LogP contribution in [0.1, 0.15) is 23.4 Å². The molecule has 0 radical (unpaired) electrons. The SMILES string of the molecule is CSc1cccc(NC(=O)CCc2c(C)nc(SC)nc2C)c1. The molecule has 0 aliphatic heterocycles. The summed E-state index contributed by atoms with van der Waals surface area (Å²) in [5.74, 6) is 0.0102. The van der Waals surface area contributed by atoms with Gasteiger partial charge in [-0.1, -0.05) is 17.8 Å². The number of carbonyl (C=O) groups is 1. The highest BCUT2D eigenvalue weighted by Gasteiger charge is 2.11. The quantitative estimate of drug-likeness (QED) is 0.629. The molecule has 1 N–H and O–H groups in total. The molecule has 2 aromatic rings. The van der Waals surface area contributed by atoms with Crippen molar-refractivity contribution in [3.05, 3.63) is 41.2 Å². The fourth-order valence-corrected chi connectivity index (χ4v) is 3.24. The maximum Gasteiger partial charge on any atom is 0.224 e. The number of thioether (sulfide) groups is 2. The number of rotatable bonds is 6. The van der Waals surface area contributed by atoms with Crippen LogP contribution in [0.4, 0.5) is 5.69 Å². The number of amides is 1. The molecule has 0 saturated heterocycles. The van der Waals surface area contributed by atoms with Crippen molar-refractivity contribution < 1.29 is 4.79 Å². The number of anilines is 1. The third-order valence-corrected chi connectivity index (χ3v) is 4.81. The minimum absolute atomic E-state index is 0.0102. The van der Waals surface area contributed by atoms with Crippen LogP contribution in [0.25, 0.3) is 0 Å². The highest BCUT2D eigenvalue weighted by molar-refractivity contribution is 7.98. The number of aromatic nitrogens is 2. The fourth-order valence-electron chi connectivity index (χ4n) is 2.32. The zero-order chi connectivity index (χ0) is 16.8. The average Bonchev–Trinajstić information content (AvgIpc) is 2.54. The molecule has 0 fully saturated rings. The van der Waals surface area contributed by atoms with Crippen molar-refractivity contribution in [1.82, 2.24) is 9.97 Å². The van der Waals surface area contributed by atoms with Crippen molar-refractivity contribution in [2.75, 3.05) is 17.8 Å². The minimum atomic E-state index is 0.0102. The number of nitrogens with one attached hydrogen (secondary N) is 1. The summed E-state index contributed by atoms with van der Waals surface area (Å²) in [6.45, 7) is 3.95. The summed E-state index contributed by atoms with van der Waals surface area (Å²) >= 11 is 3.19. The van der Waals surface area contributed by atoms with Crippen LogP contribution in [0.5, 0.6) is 0 Å². The van der Waals surface area contributed by atoms with Crippen molar-refractivity contribution in [1.29, 1.82) is 0 Å². The van der Waals surface area contributed by atoms with E-state index in [1.54, 1.807) is 11.8 Å². The van der Waals surface area contributed by atoms with Gasteiger partial charge in [0, 0.05) is 28.4 Å². The molecule has 0 unspecified atom stereocenters. The van der Waals surface area contributed by atoms with E-state index in [2.05, 4.69) is 15.3 Å². The van der Waals surface area contributed by atoms with E-state index in [-0.39, 0.29) is 5.91 Å². The smallest absolute Gasteiger partial charge is 0.224 e. The molecule has 1 aromatic carbocycles. The molecule has 1 heterocycles. The zero-order valence-corrected chi connectivity index (χ0v) is 15.5. The van der Waals surface area contributed by atoms with Crippen molar-refractivity contribution in [3.8, 4) is 0 Å². The lowest BCUT2D eigenvalue weighted by molar-refractivity contribution is -0.116. The Hall–Kier alpha value is -1.53. The molecule has 2 rings (SSSR count). The molecule has 0 saturated carbocycles. The van der Waals surface area contributed by atoms with Crippen LogP contribution in [0.2, 0.25) is 0 Å². The molecule has 0 aliphatic rings. The van der Waals surface area contributed by atoms with Crippen LogP contribution in [0.3, 0.4) is 0 Å². The van der Waals surface area contributed by atoms with E-state index < -0.39 is 0 Å². The second kappa shape index (κ2) is 8.36. The van der Waals surface area contributed by atoms with Gasteiger partial charge >= 0.3 is 0 Å². The van der Waals surface area contributed by atoms with Gasteiger partial charge in [0.15, 0.2) is 5.16 Å². The van der Waals surface area contributed by atoms with Gasteiger partial charge in [-0.2, -0.15) is 0 Å². The van der Waals surface area contributed by atoms with E-state index in [1.165, 1.54) is 11.8 Å². The fraction of sp³-hybridized carbons (Fsp3) is 0.353. The Balaban J connectivity index is 1.99. The third kappa shape index (κ3) is 4.97. The Bertz CT molecular complexity index is 681. The van der Waals surface area contributed by atoms with Crippen molar-refractivity contribution >= 4 is 35.1 Å². The second-order valence-electron chi connectivity index (χ2n) is 5.14. The van der Waals surface area contributed by atoms with E-state index in [0.717, 1.165) is 32.7 Å². The molecule has 0 spiro atoms. The molecule has 6 heteroatoms. The topological polar surface area (TPSA) is 54.9 Å². The lowest BCUT2D eigenvalue weighted by Crippen LogP contribution is -2.13. The van der Waals surface area contributed by atoms with Gasteiger partial charge in [0.2, 0.25) is 5.91 Å². The van der Waals surface area contributed by atoms with Gasteiger partial charge in [-0.05, 0) is 56.5 Å². The molecular formula is C17H21N3OS2. The molecular weight excluding hydrogens is 326 g/mol. The van der Waals surface area contributed by atoms with E-state index in [0.29, 0.717) is 12.8 Å². The number of hydrogen-bond donors (Lipinski definition) is 1. The summed E-state index contributed by atoms with van der Waals surface area (Å²) in [5.41, 5.74) is 3.82. The van der Waals surface area contributed by atoms with Crippen molar-refractivity contribution in [3.63, 3.8) is 0 Å². The first-order chi connectivity index (χ1) is 11.0. The van der Waals surface area contributed by atoms with Crippen LogP contribution in [-0.2, 0) is 11.2 Å². The van der Waals surface area contributed by atoms with Gasteiger partial charge in [0.25, 0.3) is 0 Å². The largest absolute Gasteiger partial charge is 0.326 e. The van der Waals surface area contributed by atoms with Gasteiger partial charge in [0.05, 0.1) is 0 Å². The molecule has 0 aliphatic carbocycles. The normalized spacial score (nSPS) is 10.6. The maximum atomic E-state index is 12.2. The van der Waals surface area contributed by atoms with Gasteiger partial charge in [-0.3, -0.25) is 4.79 Å². The number of benzene rings is 1. The number of aryl methyl sites for hydroxylation is 2. The summed E-state index contributed by atoms with van der Waals surface area (Å²) in [6.07, 6.45) is 5.06. The molecule has 23 heavy (non-hydrogen) atoms. The molecule has 0 atom stereocenters. The standard InChI is InChI=1S/C17H21N3OS2/c1-11-15(12(2)19-17(18-11)23-4)8-9-16(21)20-13-6-5-7-14(10-13)22-3/h5-7,10H,8-9H2,1-4H3,(H,20,21). The Morgan fingerprint density at radius 3 is 2.43 bits per heavy atom. The van der Waals surface area contributed by atoms with Crippen LogP contribution < -0.4 is 5.32 Å². The molecule has 4 nitrogen and oxygen atoms in total. The van der Waals surface area contributed by atoms with E-state index in [1.807, 2.05) is 50.6 Å². The first-order valence-electron chi connectivity index (χ1n) is 7.35. The summed E-state index contributed by atoms with van der Waals surface area (Å²) < 4.78 is 0. The van der Waals surface area contributed by atoms with Crippen LogP contribution in [-0.4, -0.2) is 28.4 Å². The van der Waals surface area contributed by atoms with Gasteiger partial charge in [-0.15, -0.1) is 11.8 Å². The van der Waals surface area contributed by atoms with E-state index >= 15 is 0 Å². The predicted molar refractivity (Wildman–Crippen MR) is 98.5 cm³/mol. The number of nitrogens with zero attached hydrogens (tertiary/aromatic N) is 2. The van der Waals surface area contributed by atoms with Crippen LogP contribution >= 0.6 is 23.5 Å².